The second-order valence-electron chi connectivity index (χ2n) is 6.28. The molecule has 0 heterocycles. The van der Waals surface area contributed by atoms with Crippen LogP contribution in [0.4, 0.5) is 0 Å². The Kier molecular flexibility index (Phi) is 3.30. The van der Waals surface area contributed by atoms with E-state index in [0.717, 1.165) is 12.8 Å². The predicted molar refractivity (Wildman–Crippen MR) is 70.1 cm³/mol. The van der Waals surface area contributed by atoms with Crippen molar-refractivity contribution in [1.82, 2.24) is 0 Å². The molecule has 0 amide bonds. The van der Waals surface area contributed by atoms with Crippen molar-refractivity contribution in [3.8, 4) is 0 Å². The normalized spacial score (nSPS) is 42.0. The van der Waals surface area contributed by atoms with Crippen molar-refractivity contribution in [3.63, 3.8) is 0 Å². The molecule has 4 atom stereocenters. The van der Waals surface area contributed by atoms with Crippen molar-refractivity contribution in [3.05, 3.63) is 12.2 Å². The summed E-state index contributed by atoms with van der Waals surface area (Å²) in [4.78, 5) is 11.9. The molecule has 3 nitrogen and oxygen atoms in total. The van der Waals surface area contributed by atoms with Gasteiger partial charge in [-0.05, 0) is 44.9 Å². The lowest BCUT2D eigenvalue weighted by Gasteiger charge is -2.44. The molecule has 2 aliphatic rings. The number of rotatable bonds is 4. The van der Waals surface area contributed by atoms with Crippen LogP contribution in [0.15, 0.2) is 12.2 Å². The van der Waals surface area contributed by atoms with Gasteiger partial charge in [-0.25, -0.2) is 4.79 Å². The Labute approximate surface area is 110 Å². The summed E-state index contributed by atoms with van der Waals surface area (Å²) in [6, 6.07) is 0. The topological polar surface area (TPSA) is 35.5 Å². The fraction of sp³-hybridized carbons (Fsp3) is 0.800. The zero-order valence-corrected chi connectivity index (χ0v) is 11.9. The Balaban J connectivity index is 2.27. The molecule has 0 aromatic carbocycles. The van der Waals surface area contributed by atoms with Crippen molar-refractivity contribution in [1.29, 1.82) is 0 Å². The van der Waals surface area contributed by atoms with Gasteiger partial charge < -0.3 is 9.47 Å². The molecule has 0 aromatic heterocycles. The third-order valence-corrected chi connectivity index (χ3v) is 5.31. The second kappa shape index (κ2) is 4.37. The number of ether oxygens (including phenoxy) is 2. The molecule has 2 rings (SSSR count). The summed E-state index contributed by atoms with van der Waals surface area (Å²) in [5, 5.41) is 0. The van der Waals surface area contributed by atoms with Crippen molar-refractivity contribution >= 4 is 5.97 Å². The number of carbonyl (C=O) groups is 1. The number of carbonyl (C=O) groups excluding carboxylic acids is 1. The maximum atomic E-state index is 11.9. The van der Waals surface area contributed by atoms with E-state index < -0.39 is 5.60 Å². The number of hydrogen-bond donors (Lipinski definition) is 0. The monoisotopic (exact) mass is 252 g/mol. The van der Waals surface area contributed by atoms with E-state index in [1.165, 1.54) is 6.42 Å². The maximum absolute atomic E-state index is 11.9. The van der Waals surface area contributed by atoms with Crippen LogP contribution in [0.1, 0.15) is 40.0 Å². The first-order chi connectivity index (χ1) is 8.36. The van der Waals surface area contributed by atoms with Gasteiger partial charge in [-0.15, -0.1) is 0 Å². The van der Waals surface area contributed by atoms with Crippen LogP contribution < -0.4 is 0 Å². The first-order valence-electron chi connectivity index (χ1n) is 6.74. The van der Waals surface area contributed by atoms with Gasteiger partial charge in [-0.2, -0.15) is 0 Å². The average molecular weight is 252 g/mol. The minimum Gasteiger partial charge on any atom is -0.455 e. The number of hydrogen-bond acceptors (Lipinski definition) is 3. The maximum Gasteiger partial charge on any atom is 0.333 e. The number of fused-ring (bicyclic) bond motifs is 2. The SMILES string of the molecule is C=C(C)C(=O)OC1(C)CC2CCC1(COC)[C@@H]2C. The highest BCUT2D eigenvalue weighted by molar-refractivity contribution is 5.87. The highest BCUT2D eigenvalue weighted by atomic mass is 16.6. The second-order valence-corrected chi connectivity index (χ2v) is 6.28. The molecule has 0 radical (unpaired) electrons. The molecule has 2 saturated carbocycles. The molecule has 3 heteroatoms. The number of esters is 1. The van der Waals surface area contributed by atoms with E-state index in [4.69, 9.17) is 9.47 Å². The molecule has 3 unspecified atom stereocenters. The lowest BCUT2D eigenvalue weighted by Crippen LogP contribution is -2.50. The molecule has 2 fully saturated rings. The molecule has 0 saturated heterocycles. The molecule has 0 aromatic rings. The summed E-state index contributed by atoms with van der Waals surface area (Å²) in [7, 11) is 1.73. The molecular formula is C15H24O3. The van der Waals surface area contributed by atoms with E-state index in [1.54, 1.807) is 14.0 Å². The van der Waals surface area contributed by atoms with Crippen molar-refractivity contribution < 1.29 is 14.3 Å². The van der Waals surface area contributed by atoms with E-state index in [-0.39, 0.29) is 11.4 Å². The van der Waals surface area contributed by atoms with Crippen LogP contribution >= 0.6 is 0 Å². The summed E-state index contributed by atoms with van der Waals surface area (Å²) in [6.45, 7) is 10.4. The van der Waals surface area contributed by atoms with E-state index in [9.17, 15) is 4.79 Å². The minimum atomic E-state index is -0.401. The van der Waals surface area contributed by atoms with E-state index in [0.29, 0.717) is 24.0 Å². The van der Waals surface area contributed by atoms with Gasteiger partial charge in [0.15, 0.2) is 0 Å². The van der Waals surface area contributed by atoms with Crippen LogP contribution in [-0.4, -0.2) is 25.3 Å². The van der Waals surface area contributed by atoms with Gasteiger partial charge in [-0.3, -0.25) is 0 Å². The van der Waals surface area contributed by atoms with Crippen LogP contribution in [0.25, 0.3) is 0 Å². The largest absolute Gasteiger partial charge is 0.455 e. The quantitative estimate of drug-likeness (QED) is 0.570. The van der Waals surface area contributed by atoms with E-state index in [2.05, 4.69) is 20.4 Å². The minimum absolute atomic E-state index is 0.0163. The average Bonchev–Trinajstić information content (AvgIpc) is 2.68. The lowest BCUT2D eigenvalue weighted by molar-refractivity contribution is -0.175. The smallest absolute Gasteiger partial charge is 0.333 e. The first kappa shape index (κ1) is 13.6. The Bertz CT molecular complexity index is 376. The van der Waals surface area contributed by atoms with Gasteiger partial charge >= 0.3 is 5.97 Å². The first-order valence-corrected chi connectivity index (χ1v) is 6.74. The van der Waals surface area contributed by atoms with Gasteiger partial charge in [0, 0.05) is 18.1 Å². The molecular weight excluding hydrogens is 228 g/mol. The summed E-state index contributed by atoms with van der Waals surface area (Å²) in [6.07, 6.45) is 3.27. The predicted octanol–water partition coefficient (Wildman–Crippen LogP) is 2.95. The number of methoxy groups -OCH3 is 1. The van der Waals surface area contributed by atoms with Gasteiger partial charge in [0.05, 0.1) is 6.61 Å². The third kappa shape index (κ3) is 1.71. The Morgan fingerprint density at radius 2 is 2.17 bits per heavy atom. The lowest BCUT2D eigenvalue weighted by atomic mass is 9.70. The molecule has 0 N–H and O–H groups in total. The van der Waals surface area contributed by atoms with Crippen LogP contribution in [0.3, 0.4) is 0 Å². The Hall–Kier alpha value is -0.830. The highest BCUT2D eigenvalue weighted by Crippen LogP contribution is 2.64. The van der Waals surface area contributed by atoms with Crippen molar-refractivity contribution in [2.45, 2.75) is 45.6 Å². The summed E-state index contributed by atoms with van der Waals surface area (Å²) in [5.74, 6) is 0.941. The van der Waals surface area contributed by atoms with Gasteiger partial charge in [0.25, 0.3) is 0 Å². The highest BCUT2D eigenvalue weighted by Gasteiger charge is 2.65. The standard InChI is InChI=1S/C15H24O3/c1-10(2)13(16)18-14(4)8-12-6-7-15(14,9-17-5)11(12)3/h11-12H,1,6-9H2,2-5H3/t11-,12?,14?,15?/m1/s1. The molecule has 18 heavy (non-hydrogen) atoms. The van der Waals surface area contributed by atoms with Gasteiger partial charge in [0.2, 0.25) is 0 Å². The molecule has 2 aliphatic carbocycles. The van der Waals surface area contributed by atoms with Crippen LogP contribution in [-0.2, 0) is 14.3 Å². The van der Waals surface area contributed by atoms with E-state index >= 15 is 0 Å². The fourth-order valence-corrected chi connectivity index (χ4v) is 4.15. The van der Waals surface area contributed by atoms with Crippen LogP contribution in [0.2, 0.25) is 0 Å². The van der Waals surface area contributed by atoms with Crippen molar-refractivity contribution in [2.75, 3.05) is 13.7 Å². The third-order valence-electron chi connectivity index (χ3n) is 5.31. The molecule has 102 valence electrons. The molecule has 2 bridgehead atoms. The van der Waals surface area contributed by atoms with Gasteiger partial charge in [0.1, 0.15) is 5.60 Å². The summed E-state index contributed by atoms with van der Waals surface area (Å²) >= 11 is 0. The zero-order chi connectivity index (χ0) is 13.6. The summed E-state index contributed by atoms with van der Waals surface area (Å²) < 4.78 is 11.2. The molecule has 0 aliphatic heterocycles. The summed E-state index contributed by atoms with van der Waals surface area (Å²) in [5.41, 5.74) is 0.0537. The van der Waals surface area contributed by atoms with E-state index in [1.807, 2.05) is 0 Å². The fourth-order valence-electron chi connectivity index (χ4n) is 4.15. The van der Waals surface area contributed by atoms with Crippen LogP contribution in [0, 0.1) is 17.3 Å². The Morgan fingerprint density at radius 3 is 2.67 bits per heavy atom. The Morgan fingerprint density at radius 1 is 1.50 bits per heavy atom. The zero-order valence-electron chi connectivity index (χ0n) is 11.9. The van der Waals surface area contributed by atoms with Crippen LogP contribution in [0.5, 0.6) is 0 Å². The van der Waals surface area contributed by atoms with Crippen molar-refractivity contribution in [2.24, 2.45) is 17.3 Å². The molecule has 0 spiro atoms. The van der Waals surface area contributed by atoms with Gasteiger partial charge in [-0.1, -0.05) is 13.5 Å².